The maximum Gasteiger partial charge on any atom is 0.338 e. The molecule has 4 rings (SSSR count). The van der Waals surface area contributed by atoms with Gasteiger partial charge in [-0.15, -0.1) is 0 Å². The van der Waals surface area contributed by atoms with Gasteiger partial charge >= 0.3 is 5.97 Å². The number of hydrogen-bond acceptors (Lipinski definition) is 10. The zero-order chi connectivity index (χ0) is 23.7. The van der Waals surface area contributed by atoms with E-state index in [4.69, 9.17) is 15.0 Å². The third kappa shape index (κ3) is 3.86. The summed E-state index contributed by atoms with van der Waals surface area (Å²) in [6.07, 6.45) is -3.96. The molecule has 14 nitrogen and oxygen atoms in total. The fraction of sp³-hybridized carbons (Fsp3) is 0.500. The minimum absolute atomic E-state index is 0.0137. The van der Waals surface area contributed by atoms with Gasteiger partial charge in [0.05, 0.1) is 18.8 Å². The first-order valence-electron chi connectivity index (χ1n) is 9.39. The molecular formula is C18H21N5O9. The predicted octanol–water partition coefficient (Wildman–Crippen LogP) is -1.69. The summed E-state index contributed by atoms with van der Waals surface area (Å²) in [5, 5.41) is 48.2. The number of fused-ring (bicyclic) bond motifs is 5. The molecule has 2 amide bonds. The highest BCUT2D eigenvalue weighted by atomic mass is 16.6. The Hall–Kier alpha value is -3.26. The molecule has 0 aromatic heterocycles. The molecule has 1 aromatic carbocycles. The fourth-order valence-corrected chi connectivity index (χ4v) is 3.36. The molecule has 6 N–H and O–H groups in total. The second kappa shape index (κ2) is 8.35. The number of hydrogen-bond donors (Lipinski definition) is 6. The van der Waals surface area contributed by atoms with Gasteiger partial charge in [0.25, 0.3) is 23.3 Å². The lowest BCUT2D eigenvalue weighted by molar-refractivity contribution is -0.245. The average molecular weight is 451 g/mol. The second-order valence-corrected chi connectivity index (χ2v) is 7.60. The lowest BCUT2D eigenvalue weighted by Crippen LogP contribution is -2.84. The minimum atomic E-state index is -2.70. The molecule has 172 valence electrons. The Kier molecular flexibility index (Phi) is 6.11. The van der Waals surface area contributed by atoms with Crippen LogP contribution in [0.1, 0.15) is 23.7 Å². The standard InChI is InChI=1S/C18H21N5O9/c1-16(29,8-24)13(26)18-15(28)20-17(30,14(27)21-18)11(6-7-31-18)32-12(25)9-2-4-10(5-3-9)22-23-19/h2-5,11,13,24,26,29-30H,6-8H2,1H3,(H,20,28)(H,21,27)/t11?,13-,16-,17+,18-/m0/s1. The van der Waals surface area contributed by atoms with Crippen molar-refractivity contribution in [3.8, 4) is 0 Å². The van der Waals surface area contributed by atoms with Crippen molar-refractivity contribution in [3.63, 3.8) is 0 Å². The van der Waals surface area contributed by atoms with Gasteiger partial charge in [-0.1, -0.05) is 17.2 Å². The molecule has 0 radical (unpaired) electrons. The van der Waals surface area contributed by atoms with E-state index in [-0.39, 0.29) is 24.3 Å². The van der Waals surface area contributed by atoms with Crippen LogP contribution in [0.2, 0.25) is 0 Å². The van der Waals surface area contributed by atoms with Crippen LogP contribution in [0.25, 0.3) is 10.4 Å². The molecule has 32 heavy (non-hydrogen) atoms. The van der Waals surface area contributed by atoms with Crippen LogP contribution in [0.5, 0.6) is 0 Å². The summed E-state index contributed by atoms with van der Waals surface area (Å²) in [4.78, 5) is 40.6. The summed E-state index contributed by atoms with van der Waals surface area (Å²) in [5.41, 5.74) is 1.24. The number of carbonyl (C=O) groups is 3. The van der Waals surface area contributed by atoms with Crippen molar-refractivity contribution in [2.45, 2.75) is 42.6 Å². The van der Waals surface area contributed by atoms with Gasteiger partial charge in [-0.05, 0) is 24.6 Å². The van der Waals surface area contributed by atoms with E-state index < -0.39 is 53.6 Å². The number of azide groups is 1. The minimum Gasteiger partial charge on any atom is -0.453 e. The van der Waals surface area contributed by atoms with E-state index in [1.54, 1.807) is 0 Å². The maximum absolute atomic E-state index is 12.8. The number of aliphatic hydroxyl groups is 4. The van der Waals surface area contributed by atoms with Gasteiger partial charge in [0.1, 0.15) is 11.7 Å². The average Bonchev–Trinajstić information content (AvgIpc) is 2.75. The second-order valence-electron chi connectivity index (χ2n) is 7.60. The van der Waals surface area contributed by atoms with Gasteiger partial charge in [0.15, 0.2) is 6.10 Å². The molecule has 1 aromatic rings. The van der Waals surface area contributed by atoms with Crippen molar-refractivity contribution in [1.82, 2.24) is 10.6 Å². The molecule has 14 heteroatoms. The molecule has 0 aliphatic carbocycles. The molecule has 3 aliphatic heterocycles. The maximum atomic E-state index is 12.8. The Morgan fingerprint density at radius 3 is 2.62 bits per heavy atom. The molecule has 0 saturated carbocycles. The van der Waals surface area contributed by atoms with Crippen LogP contribution in [0.3, 0.4) is 0 Å². The molecule has 3 aliphatic rings. The topological polar surface area (TPSA) is 223 Å². The highest BCUT2D eigenvalue weighted by molar-refractivity contribution is 6.02. The number of benzene rings is 1. The van der Waals surface area contributed by atoms with Gasteiger partial charge in [-0.25, -0.2) is 4.79 Å². The highest BCUT2D eigenvalue weighted by Gasteiger charge is 2.65. The molecule has 3 fully saturated rings. The summed E-state index contributed by atoms with van der Waals surface area (Å²) in [6.45, 7) is -0.333. The van der Waals surface area contributed by atoms with Crippen molar-refractivity contribution in [2.24, 2.45) is 5.11 Å². The third-order valence-electron chi connectivity index (χ3n) is 5.27. The van der Waals surface area contributed by atoms with Crippen molar-refractivity contribution in [2.75, 3.05) is 13.2 Å². The molecule has 1 unspecified atom stereocenters. The SMILES string of the molecule is C[C@](O)(CO)[C@H](O)[C@@]12NC(=O)[C@@](O)(NC1=O)C(OC(=O)c1ccc(N=[N+]=[N-])cc1)CCO2. The van der Waals surface area contributed by atoms with E-state index in [0.29, 0.717) is 0 Å². The lowest BCUT2D eigenvalue weighted by atomic mass is 9.85. The Labute approximate surface area is 180 Å². The monoisotopic (exact) mass is 451 g/mol. The van der Waals surface area contributed by atoms with Crippen LogP contribution in [0.15, 0.2) is 29.4 Å². The van der Waals surface area contributed by atoms with Gasteiger partial charge in [-0.3, -0.25) is 9.59 Å². The first kappa shape index (κ1) is 23.4. The molecular weight excluding hydrogens is 430 g/mol. The Morgan fingerprint density at radius 2 is 2.03 bits per heavy atom. The van der Waals surface area contributed by atoms with Crippen LogP contribution in [-0.4, -0.2) is 80.7 Å². The third-order valence-corrected chi connectivity index (χ3v) is 5.27. The van der Waals surface area contributed by atoms with E-state index in [1.807, 2.05) is 10.6 Å². The molecule has 0 spiro atoms. The number of carbonyl (C=O) groups excluding carboxylic acids is 3. The van der Waals surface area contributed by atoms with E-state index in [1.165, 1.54) is 24.3 Å². The van der Waals surface area contributed by atoms with Crippen molar-refractivity contribution in [3.05, 3.63) is 40.3 Å². The van der Waals surface area contributed by atoms with Gasteiger partial charge in [0.2, 0.25) is 0 Å². The zero-order valence-electron chi connectivity index (χ0n) is 16.8. The number of ether oxygens (including phenoxy) is 2. The predicted molar refractivity (Wildman–Crippen MR) is 103 cm³/mol. The van der Waals surface area contributed by atoms with E-state index in [0.717, 1.165) is 6.92 Å². The molecule has 2 bridgehead atoms. The number of aliphatic hydroxyl groups excluding tert-OH is 2. The summed E-state index contributed by atoms with van der Waals surface area (Å²) in [7, 11) is 0. The Bertz CT molecular complexity index is 978. The molecule has 3 heterocycles. The van der Waals surface area contributed by atoms with Crippen LogP contribution in [-0.2, 0) is 19.1 Å². The van der Waals surface area contributed by atoms with Crippen LogP contribution in [0.4, 0.5) is 5.69 Å². The fourth-order valence-electron chi connectivity index (χ4n) is 3.36. The number of nitrogens with zero attached hydrogens (tertiary/aromatic N) is 3. The number of esters is 1. The van der Waals surface area contributed by atoms with Crippen molar-refractivity contribution in [1.29, 1.82) is 0 Å². The molecule has 3 saturated heterocycles. The van der Waals surface area contributed by atoms with Gasteiger partial charge in [0, 0.05) is 17.0 Å². The Morgan fingerprint density at radius 1 is 1.38 bits per heavy atom. The van der Waals surface area contributed by atoms with Crippen LogP contribution < -0.4 is 10.6 Å². The summed E-state index contributed by atoms with van der Waals surface area (Å²) < 4.78 is 10.6. The lowest BCUT2D eigenvalue weighted by Gasteiger charge is -2.50. The van der Waals surface area contributed by atoms with Gasteiger partial charge in [-0.2, -0.15) is 0 Å². The Balaban J connectivity index is 1.85. The molecule has 5 atom stereocenters. The highest BCUT2D eigenvalue weighted by Crippen LogP contribution is 2.33. The van der Waals surface area contributed by atoms with Crippen molar-refractivity contribution >= 4 is 23.5 Å². The summed E-state index contributed by atoms with van der Waals surface area (Å²) in [5.74, 6) is -3.43. The van der Waals surface area contributed by atoms with E-state index in [2.05, 4.69) is 10.0 Å². The number of piperazine rings is 1. The first-order chi connectivity index (χ1) is 15.0. The van der Waals surface area contributed by atoms with Crippen LogP contribution in [0, 0.1) is 0 Å². The summed E-state index contributed by atoms with van der Waals surface area (Å²) >= 11 is 0. The number of amides is 2. The smallest absolute Gasteiger partial charge is 0.338 e. The van der Waals surface area contributed by atoms with E-state index >= 15 is 0 Å². The van der Waals surface area contributed by atoms with Gasteiger partial charge < -0.3 is 40.5 Å². The number of rotatable bonds is 6. The van der Waals surface area contributed by atoms with Crippen molar-refractivity contribution < 1.29 is 44.3 Å². The quantitative estimate of drug-likeness (QED) is 0.125. The first-order valence-corrected chi connectivity index (χ1v) is 9.39. The largest absolute Gasteiger partial charge is 0.453 e. The van der Waals surface area contributed by atoms with Crippen LogP contribution >= 0.6 is 0 Å². The van der Waals surface area contributed by atoms with E-state index in [9.17, 15) is 34.8 Å². The summed E-state index contributed by atoms with van der Waals surface area (Å²) in [6, 6.07) is 5.30. The number of nitrogens with one attached hydrogen (secondary N) is 2. The zero-order valence-corrected chi connectivity index (χ0v) is 16.8. The normalized spacial score (nSPS) is 30.0.